The highest BCUT2D eigenvalue weighted by molar-refractivity contribution is 5.95. The first kappa shape index (κ1) is 22.6. The van der Waals surface area contributed by atoms with Crippen molar-refractivity contribution in [3.05, 3.63) is 68.6 Å². The summed E-state index contributed by atoms with van der Waals surface area (Å²) < 4.78 is 17.2. The molecule has 0 aliphatic carbocycles. The number of pyridine rings is 1. The first-order valence-corrected chi connectivity index (χ1v) is 10.9. The van der Waals surface area contributed by atoms with Gasteiger partial charge in [-0.05, 0) is 57.0 Å². The van der Waals surface area contributed by atoms with E-state index in [0.717, 1.165) is 33.3 Å². The Bertz CT molecular complexity index is 1300. The lowest BCUT2D eigenvalue weighted by molar-refractivity contribution is 0.0742. The van der Waals surface area contributed by atoms with Gasteiger partial charge in [0.15, 0.2) is 0 Å². The second-order valence-electron chi connectivity index (χ2n) is 8.56. The molecule has 1 aromatic carbocycles. The normalized spacial score (nSPS) is 14.1. The number of piperazine rings is 1. The molecule has 33 heavy (non-hydrogen) atoms. The molecule has 4 rings (SSSR count). The Morgan fingerprint density at radius 3 is 2.27 bits per heavy atom. The summed E-state index contributed by atoms with van der Waals surface area (Å²) in [5.74, 6) is -0.357. The number of aromatic hydroxyl groups is 1. The van der Waals surface area contributed by atoms with Gasteiger partial charge in [-0.2, -0.15) is 0 Å². The molecule has 3 heterocycles. The Labute approximate surface area is 191 Å². The molecule has 1 aliphatic heterocycles. The standard InChI is InChI=1S/C24H28FN5O3/c1-14-12-15(2)21(26-16(14)3)28-8-10-29(11-9-28)23(32)19-7-6-18(13-20(19)25)30-17(4)22(31)27(5)24(30)33/h6-7,12-13,31H,8-11H2,1-5H3. The number of nitrogens with zero attached hydrogens (tertiary/aromatic N) is 5. The van der Waals surface area contributed by atoms with E-state index in [0.29, 0.717) is 31.9 Å². The van der Waals surface area contributed by atoms with Crippen molar-refractivity contribution in [3.63, 3.8) is 0 Å². The molecule has 0 unspecified atom stereocenters. The summed E-state index contributed by atoms with van der Waals surface area (Å²) in [5.41, 5.74) is 3.24. The number of carbonyl (C=O) groups is 1. The predicted molar refractivity (Wildman–Crippen MR) is 124 cm³/mol. The molecule has 0 radical (unpaired) electrons. The molecule has 0 spiro atoms. The smallest absolute Gasteiger partial charge is 0.335 e. The van der Waals surface area contributed by atoms with E-state index in [2.05, 4.69) is 11.0 Å². The molecule has 0 atom stereocenters. The van der Waals surface area contributed by atoms with E-state index < -0.39 is 11.5 Å². The number of rotatable bonds is 3. The van der Waals surface area contributed by atoms with Crippen LogP contribution in [0.1, 0.15) is 32.9 Å². The molecular weight excluding hydrogens is 425 g/mol. The zero-order valence-electron chi connectivity index (χ0n) is 19.5. The third-order valence-corrected chi connectivity index (χ3v) is 6.39. The largest absolute Gasteiger partial charge is 0.493 e. The summed E-state index contributed by atoms with van der Waals surface area (Å²) in [7, 11) is 1.43. The Kier molecular flexibility index (Phi) is 5.73. The molecule has 1 N–H and O–H groups in total. The highest BCUT2D eigenvalue weighted by Crippen LogP contribution is 2.24. The second-order valence-corrected chi connectivity index (χ2v) is 8.56. The summed E-state index contributed by atoms with van der Waals surface area (Å²) in [6.45, 7) is 9.75. The minimum atomic E-state index is -0.707. The van der Waals surface area contributed by atoms with Gasteiger partial charge >= 0.3 is 5.69 Å². The maximum atomic E-state index is 14.9. The van der Waals surface area contributed by atoms with Crippen LogP contribution in [0.25, 0.3) is 5.69 Å². The number of imidazole rings is 1. The summed E-state index contributed by atoms with van der Waals surface area (Å²) in [6.07, 6.45) is 0. The average Bonchev–Trinajstić information content (AvgIpc) is 2.98. The lowest BCUT2D eigenvalue weighted by atomic mass is 10.1. The van der Waals surface area contributed by atoms with E-state index >= 15 is 0 Å². The molecule has 1 amide bonds. The van der Waals surface area contributed by atoms with Crippen molar-refractivity contribution >= 4 is 11.7 Å². The van der Waals surface area contributed by atoms with E-state index in [9.17, 15) is 19.1 Å². The highest BCUT2D eigenvalue weighted by Gasteiger charge is 2.26. The fourth-order valence-corrected chi connectivity index (χ4v) is 4.29. The number of halogens is 1. The lowest BCUT2D eigenvalue weighted by Crippen LogP contribution is -2.49. The fourth-order valence-electron chi connectivity index (χ4n) is 4.29. The number of aryl methyl sites for hydroxylation is 3. The van der Waals surface area contributed by atoms with Crippen molar-refractivity contribution in [3.8, 4) is 11.6 Å². The van der Waals surface area contributed by atoms with Crippen molar-refractivity contribution in [2.75, 3.05) is 31.1 Å². The lowest BCUT2D eigenvalue weighted by Gasteiger charge is -2.36. The summed E-state index contributed by atoms with van der Waals surface area (Å²) in [4.78, 5) is 33.9. The molecule has 9 heteroatoms. The molecule has 3 aromatic rings. The zero-order chi connectivity index (χ0) is 24.0. The zero-order valence-corrected chi connectivity index (χ0v) is 19.5. The minimum absolute atomic E-state index is 0.0430. The number of aromatic nitrogens is 3. The van der Waals surface area contributed by atoms with E-state index in [1.807, 2.05) is 20.8 Å². The fraction of sp³-hybridized carbons (Fsp3) is 0.375. The highest BCUT2D eigenvalue weighted by atomic mass is 19.1. The summed E-state index contributed by atoms with van der Waals surface area (Å²) in [6, 6.07) is 6.18. The molecule has 0 saturated carbocycles. The summed E-state index contributed by atoms with van der Waals surface area (Å²) >= 11 is 0. The molecule has 174 valence electrons. The van der Waals surface area contributed by atoms with Crippen LogP contribution in [0.5, 0.6) is 5.88 Å². The Balaban J connectivity index is 1.51. The van der Waals surface area contributed by atoms with Crippen molar-refractivity contribution < 1.29 is 14.3 Å². The second kappa shape index (κ2) is 8.38. The molecule has 8 nitrogen and oxygen atoms in total. The molecule has 1 fully saturated rings. The van der Waals surface area contributed by atoms with Crippen LogP contribution in [-0.2, 0) is 7.05 Å². The van der Waals surface area contributed by atoms with Gasteiger partial charge in [0.25, 0.3) is 5.91 Å². The molecule has 0 bridgehead atoms. The van der Waals surface area contributed by atoms with E-state index in [1.165, 1.54) is 23.7 Å². The van der Waals surface area contributed by atoms with Crippen LogP contribution in [0.2, 0.25) is 0 Å². The van der Waals surface area contributed by atoms with Crippen LogP contribution < -0.4 is 10.6 Å². The van der Waals surface area contributed by atoms with Crippen molar-refractivity contribution in [2.24, 2.45) is 7.05 Å². The minimum Gasteiger partial charge on any atom is -0.493 e. The van der Waals surface area contributed by atoms with E-state index in [-0.39, 0.29) is 23.0 Å². The van der Waals surface area contributed by atoms with E-state index in [1.54, 1.807) is 11.8 Å². The van der Waals surface area contributed by atoms with Crippen LogP contribution in [0.4, 0.5) is 10.2 Å². The predicted octanol–water partition coefficient (Wildman–Crippen LogP) is 2.61. The monoisotopic (exact) mass is 453 g/mol. The van der Waals surface area contributed by atoms with Gasteiger partial charge in [-0.15, -0.1) is 0 Å². The Morgan fingerprint density at radius 2 is 1.70 bits per heavy atom. The van der Waals surface area contributed by atoms with Crippen LogP contribution in [0.15, 0.2) is 29.1 Å². The SMILES string of the molecule is Cc1cc(C)c(N2CCN(C(=O)c3ccc(-n4c(C)c(O)n(C)c4=O)cc3F)CC2)nc1C. The number of hydrogen-bond acceptors (Lipinski definition) is 5. The van der Waals surface area contributed by atoms with Crippen molar-refractivity contribution in [1.82, 2.24) is 19.0 Å². The average molecular weight is 454 g/mol. The Hall–Kier alpha value is -3.62. The first-order valence-electron chi connectivity index (χ1n) is 10.9. The Morgan fingerprint density at radius 1 is 1.03 bits per heavy atom. The maximum Gasteiger partial charge on any atom is 0.335 e. The van der Waals surface area contributed by atoms with Gasteiger partial charge in [0.1, 0.15) is 11.6 Å². The maximum absolute atomic E-state index is 14.9. The quantitative estimate of drug-likeness (QED) is 0.659. The number of benzene rings is 1. The van der Waals surface area contributed by atoms with Crippen molar-refractivity contribution in [1.29, 1.82) is 0 Å². The number of amides is 1. The first-order chi connectivity index (χ1) is 15.6. The van der Waals surface area contributed by atoms with Gasteiger partial charge in [-0.1, -0.05) is 6.07 Å². The van der Waals surface area contributed by atoms with Crippen LogP contribution in [0, 0.1) is 33.5 Å². The summed E-state index contributed by atoms with van der Waals surface area (Å²) in [5, 5.41) is 9.98. The van der Waals surface area contributed by atoms with Gasteiger partial charge in [-0.25, -0.2) is 14.2 Å². The van der Waals surface area contributed by atoms with Crippen LogP contribution in [-0.4, -0.2) is 56.2 Å². The topological polar surface area (TPSA) is 83.6 Å². The van der Waals surface area contributed by atoms with Gasteiger partial charge < -0.3 is 14.9 Å². The number of carbonyl (C=O) groups excluding carboxylic acids is 1. The van der Waals surface area contributed by atoms with Gasteiger partial charge in [0.05, 0.1) is 16.9 Å². The molecule has 1 saturated heterocycles. The van der Waals surface area contributed by atoms with Gasteiger partial charge in [0, 0.05) is 38.9 Å². The molecule has 2 aromatic heterocycles. The van der Waals surface area contributed by atoms with Crippen LogP contribution >= 0.6 is 0 Å². The van der Waals surface area contributed by atoms with Gasteiger partial charge in [0.2, 0.25) is 5.88 Å². The third kappa shape index (κ3) is 3.88. The number of anilines is 1. The third-order valence-electron chi connectivity index (χ3n) is 6.39. The number of hydrogen-bond donors (Lipinski definition) is 1. The molecular formula is C24H28FN5O3. The van der Waals surface area contributed by atoms with E-state index in [4.69, 9.17) is 4.98 Å². The van der Waals surface area contributed by atoms with Crippen molar-refractivity contribution in [2.45, 2.75) is 27.7 Å². The van der Waals surface area contributed by atoms with Gasteiger partial charge in [-0.3, -0.25) is 13.9 Å². The van der Waals surface area contributed by atoms with Crippen LogP contribution in [0.3, 0.4) is 0 Å². The molecule has 1 aliphatic rings.